The molecule has 3 nitrogen and oxygen atoms in total. The SMILES string of the molecule is CCC1CCC(CC(C)CO)(C(=O)O)CC1. The molecule has 94 valence electrons. The first-order valence-corrected chi connectivity index (χ1v) is 6.38. The van der Waals surface area contributed by atoms with Gasteiger partial charge < -0.3 is 10.2 Å². The van der Waals surface area contributed by atoms with Crippen LogP contribution in [0.4, 0.5) is 0 Å². The van der Waals surface area contributed by atoms with Crippen LogP contribution in [-0.4, -0.2) is 22.8 Å². The fourth-order valence-electron chi connectivity index (χ4n) is 2.88. The van der Waals surface area contributed by atoms with Gasteiger partial charge in [0.1, 0.15) is 0 Å². The highest BCUT2D eigenvalue weighted by Gasteiger charge is 2.42. The van der Waals surface area contributed by atoms with Gasteiger partial charge in [-0.15, -0.1) is 0 Å². The molecule has 1 saturated carbocycles. The van der Waals surface area contributed by atoms with E-state index in [1.54, 1.807) is 0 Å². The van der Waals surface area contributed by atoms with Gasteiger partial charge in [0, 0.05) is 6.61 Å². The van der Waals surface area contributed by atoms with Gasteiger partial charge >= 0.3 is 5.97 Å². The van der Waals surface area contributed by atoms with E-state index < -0.39 is 11.4 Å². The first-order chi connectivity index (χ1) is 7.54. The Kier molecular flexibility index (Phi) is 4.78. The molecule has 0 aromatic carbocycles. The molecule has 0 aliphatic heterocycles. The lowest BCUT2D eigenvalue weighted by Crippen LogP contribution is -2.37. The number of carboxylic acids is 1. The minimum Gasteiger partial charge on any atom is -0.481 e. The van der Waals surface area contributed by atoms with Gasteiger partial charge in [-0.05, 0) is 43.9 Å². The second-order valence-corrected chi connectivity index (χ2v) is 5.43. The summed E-state index contributed by atoms with van der Waals surface area (Å²) in [5, 5.41) is 18.5. The van der Waals surface area contributed by atoms with Crippen molar-refractivity contribution in [3.05, 3.63) is 0 Å². The quantitative estimate of drug-likeness (QED) is 0.760. The smallest absolute Gasteiger partial charge is 0.309 e. The molecule has 1 fully saturated rings. The van der Waals surface area contributed by atoms with Crippen molar-refractivity contribution in [3.8, 4) is 0 Å². The summed E-state index contributed by atoms with van der Waals surface area (Å²) in [4.78, 5) is 11.4. The van der Waals surface area contributed by atoms with Gasteiger partial charge in [-0.3, -0.25) is 4.79 Å². The van der Waals surface area contributed by atoms with Crippen LogP contribution < -0.4 is 0 Å². The molecule has 0 aromatic heterocycles. The molecule has 1 atom stereocenters. The van der Waals surface area contributed by atoms with Crippen molar-refractivity contribution in [2.75, 3.05) is 6.61 Å². The van der Waals surface area contributed by atoms with Crippen LogP contribution >= 0.6 is 0 Å². The highest BCUT2D eigenvalue weighted by Crippen LogP contribution is 2.44. The average Bonchev–Trinajstić information content (AvgIpc) is 2.29. The zero-order chi connectivity index (χ0) is 12.2. The number of hydrogen-bond donors (Lipinski definition) is 2. The zero-order valence-electron chi connectivity index (χ0n) is 10.4. The van der Waals surface area contributed by atoms with Crippen molar-refractivity contribution in [2.45, 2.75) is 52.4 Å². The Morgan fingerprint density at radius 1 is 1.44 bits per heavy atom. The summed E-state index contributed by atoms with van der Waals surface area (Å²) in [6, 6.07) is 0. The first-order valence-electron chi connectivity index (χ1n) is 6.38. The summed E-state index contributed by atoms with van der Waals surface area (Å²) in [5.74, 6) is 0.133. The van der Waals surface area contributed by atoms with Gasteiger partial charge in [0.2, 0.25) is 0 Å². The number of rotatable bonds is 5. The molecule has 1 aliphatic carbocycles. The van der Waals surface area contributed by atoms with Gasteiger partial charge in [0.25, 0.3) is 0 Å². The second kappa shape index (κ2) is 5.67. The molecule has 0 saturated heterocycles. The highest BCUT2D eigenvalue weighted by atomic mass is 16.4. The molecule has 1 unspecified atom stereocenters. The third-order valence-electron chi connectivity index (χ3n) is 4.14. The Morgan fingerprint density at radius 3 is 2.38 bits per heavy atom. The summed E-state index contributed by atoms with van der Waals surface area (Å²) in [6.45, 7) is 4.19. The average molecular weight is 228 g/mol. The van der Waals surface area contributed by atoms with Crippen molar-refractivity contribution >= 4 is 5.97 Å². The van der Waals surface area contributed by atoms with Crippen molar-refractivity contribution in [1.29, 1.82) is 0 Å². The van der Waals surface area contributed by atoms with Gasteiger partial charge in [0.15, 0.2) is 0 Å². The van der Waals surface area contributed by atoms with Crippen LogP contribution in [0.2, 0.25) is 0 Å². The monoisotopic (exact) mass is 228 g/mol. The fourth-order valence-corrected chi connectivity index (χ4v) is 2.88. The molecular weight excluding hydrogens is 204 g/mol. The first kappa shape index (κ1) is 13.5. The van der Waals surface area contributed by atoms with Gasteiger partial charge in [0.05, 0.1) is 5.41 Å². The van der Waals surface area contributed by atoms with Crippen molar-refractivity contribution in [3.63, 3.8) is 0 Å². The lowest BCUT2D eigenvalue weighted by Gasteiger charge is -2.38. The summed E-state index contributed by atoms with van der Waals surface area (Å²) in [5.41, 5.74) is -0.562. The van der Waals surface area contributed by atoms with E-state index in [2.05, 4.69) is 6.92 Å². The molecule has 3 heteroatoms. The third kappa shape index (κ3) is 2.97. The number of hydrogen-bond acceptors (Lipinski definition) is 2. The topological polar surface area (TPSA) is 57.5 Å². The van der Waals surface area contributed by atoms with E-state index in [1.165, 1.54) is 0 Å². The Morgan fingerprint density at radius 2 is 2.00 bits per heavy atom. The zero-order valence-corrected chi connectivity index (χ0v) is 10.4. The molecule has 0 spiro atoms. The van der Waals surface area contributed by atoms with Gasteiger partial charge in [-0.25, -0.2) is 0 Å². The van der Waals surface area contributed by atoms with Gasteiger partial charge in [-0.1, -0.05) is 20.3 Å². The molecule has 2 N–H and O–H groups in total. The van der Waals surface area contributed by atoms with Crippen LogP contribution in [0.5, 0.6) is 0 Å². The molecule has 0 aromatic rings. The van der Waals surface area contributed by atoms with Crippen molar-refractivity contribution in [2.24, 2.45) is 17.3 Å². The van der Waals surface area contributed by atoms with E-state index in [-0.39, 0.29) is 12.5 Å². The minimum atomic E-state index is -0.664. The summed E-state index contributed by atoms with van der Waals surface area (Å²) >= 11 is 0. The standard InChI is InChI=1S/C13H24O3/c1-3-11-4-6-13(7-5-11,12(15)16)8-10(2)9-14/h10-11,14H,3-9H2,1-2H3,(H,15,16). The normalized spacial score (nSPS) is 32.3. The van der Waals surface area contributed by atoms with E-state index in [9.17, 15) is 9.90 Å². The fraction of sp³-hybridized carbons (Fsp3) is 0.923. The number of aliphatic hydroxyl groups is 1. The number of carbonyl (C=O) groups is 1. The Balaban J connectivity index is 2.65. The molecule has 16 heavy (non-hydrogen) atoms. The van der Waals surface area contributed by atoms with Crippen LogP contribution in [0.15, 0.2) is 0 Å². The van der Waals surface area contributed by atoms with E-state index in [4.69, 9.17) is 5.11 Å². The molecule has 1 rings (SSSR count). The number of aliphatic carboxylic acids is 1. The minimum absolute atomic E-state index is 0.0895. The second-order valence-electron chi connectivity index (χ2n) is 5.43. The lowest BCUT2D eigenvalue weighted by atomic mass is 9.66. The van der Waals surface area contributed by atoms with Crippen LogP contribution in [0.1, 0.15) is 52.4 Å². The van der Waals surface area contributed by atoms with Crippen molar-refractivity contribution in [1.82, 2.24) is 0 Å². The maximum atomic E-state index is 11.4. The largest absolute Gasteiger partial charge is 0.481 e. The van der Waals surface area contributed by atoms with E-state index in [0.717, 1.165) is 32.1 Å². The Labute approximate surface area is 97.9 Å². The van der Waals surface area contributed by atoms with Crippen LogP contribution in [-0.2, 0) is 4.79 Å². The number of aliphatic hydroxyl groups excluding tert-OH is 1. The molecule has 0 bridgehead atoms. The predicted molar refractivity (Wildman–Crippen MR) is 63.2 cm³/mol. The highest BCUT2D eigenvalue weighted by molar-refractivity contribution is 5.74. The molecular formula is C13H24O3. The maximum absolute atomic E-state index is 11.4. The van der Waals surface area contributed by atoms with Crippen LogP contribution in [0, 0.1) is 17.3 Å². The van der Waals surface area contributed by atoms with E-state index in [0.29, 0.717) is 12.3 Å². The summed E-state index contributed by atoms with van der Waals surface area (Å²) in [7, 11) is 0. The lowest BCUT2D eigenvalue weighted by molar-refractivity contribution is -0.153. The Hall–Kier alpha value is -0.570. The number of carboxylic acid groups (broad SMARTS) is 1. The third-order valence-corrected chi connectivity index (χ3v) is 4.14. The van der Waals surface area contributed by atoms with Crippen LogP contribution in [0.25, 0.3) is 0 Å². The molecule has 0 radical (unpaired) electrons. The maximum Gasteiger partial charge on any atom is 0.309 e. The van der Waals surface area contributed by atoms with E-state index in [1.807, 2.05) is 6.92 Å². The molecule has 0 amide bonds. The molecule has 1 aliphatic rings. The van der Waals surface area contributed by atoms with Crippen molar-refractivity contribution < 1.29 is 15.0 Å². The molecule has 0 heterocycles. The summed E-state index contributed by atoms with van der Waals surface area (Å²) in [6.07, 6.45) is 5.40. The van der Waals surface area contributed by atoms with Crippen LogP contribution in [0.3, 0.4) is 0 Å². The predicted octanol–water partition coefficient (Wildman–Crippen LogP) is 2.68. The Bertz CT molecular complexity index is 229. The van der Waals surface area contributed by atoms with Gasteiger partial charge in [-0.2, -0.15) is 0 Å². The van der Waals surface area contributed by atoms with E-state index >= 15 is 0 Å². The summed E-state index contributed by atoms with van der Waals surface area (Å²) < 4.78 is 0.